The topological polar surface area (TPSA) is 9.23 Å². The third kappa shape index (κ3) is 4.09. The second-order valence-corrected chi connectivity index (χ2v) is 4.98. The second kappa shape index (κ2) is 5.74. The number of benzene rings is 1. The van der Waals surface area contributed by atoms with Crippen LogP contribution < -0.4 is 0 Å². The standard InChI is InChI=1S/C15H22O/c1-5-16-12-6-7-13-8-10-14(11-9-13)15(2,3)4/h6,8-12H,5,7H2,1-4H3/b12-6+. The van der Waals surface area contributed by atoms with Crippen molar-refractivity contribution in [3.8, 4) is 0 Å². The minimum absolute atomic E-state index is 0.236. The van der Waals surface area contributed by atoms with Crippen molar-refractivity contribution in [1.29, 1.82) is 0 Å². The average molecular weight is 218 g/mol. The van der Waals surface area contributed by atoms with Crippen molar-refractivity contribution in [3.63, 3.8) is 0 Å². The van der Waals surface area contributed by atoms with E-state index in [1.54, 1.807) is 6.26 Å². The van der Waals surface area contributed by atoms with Gasteiger partial charge in [0.05, 0.1) is 12.9 Å². The molecular weight excluding hydrogens is 196 g/mol. The van der Waals surface area contributed by atoms with E-state index >= 15 is 0 Å². The van der Waals surface area contributed by atoms with Crippen molar-refractivity contribution in [2.24, 2.45) is 0 Å². The highest BCUT2D eigenvalue weighted by atomic mass is 16.5. The Kier molecular flexibility index (Phi) is 4.60. The molecule has 0 saturated carbocycles. The third-order valence-electron chi connectivity index (χ3n) is 2.53. The van der Waals surface area contributed by atoms with Crippen molar-refractivity contribution in [1.82, 2.24) is 0 Å². The van der Waals surface area contributed by atoms with E-state index in [1.807, 2.05) is 6.92 Å². The van der Waals surface area contributed by atoms with Crippen LogP contribution in [0.3, 0.4) is 0 Å². The van der Waals surface area contributed by atoms with Gasteiger partial charge in [-0.1, -0.05) is 45.0 Å². The van der Waals surface area contributed by atoms with Crippen molar-refractivity contribution < 1.29 is 4.74 Å². The lowest BCUT2D eigenvalue weighted by molar-refractivity contribution is 0.268. The number of ether oxygens (including phenoxy) is 1. The molecular formula is C15H22O. The zero-order chi connectivity index (χ0) is 12.0. The zero-order valence-corrected chi connectivity index (χ0v) is 10.8. The molecule has 16 heavy (non-hydrogen) atoms. The van der Waals surface area contributed by atoms with Crippen LogP contribution in [0.25, 0.3) is 0 Å². The van der Waals surface area contributed by atoms with E-state index in [0.717, 1.165) is 13.0 Å². The van der Waals surface area contributed by atoms with Gasteiger partial charge in [-0.15, -0.1) is 0 Å². The van der Waals surface area contributed by atoms with E-state index in [2.05, 4.69) is 51.1 Å². The molecule has 0 radical (unpaired) electrons. The Bertz CT molecular complexity index is 327. The normalized spacial score (nSPS) is 12.0. The maximum Gasteiger partial charge on any atom is 0.0845 e. The predicted molar refractivity (Wildman–Crippen MR) is 69.6 cm³/mol. The highest BCUT2D eigenvalue weighted by Gasteiger charge is 2.12. The van der Waals surface area contributed by atoms with Crippen LogP contribution in [-0.4, -0.2) is 6.61 Å². The minimum atomic E-state index is 0.236. The molecule has 0 saturated heterocycles. The quantitative estimate of drug-likeness (QED) is 0.692. The summed E-state index contributed by atoms with van der Waals surface area (Å²) in [6.07, 6.45) is 4.76. The fourth-order valence-electron chi connectivity index (χ4n) is 1.49. The molecule has 0 N–H and O–H groups in total. The first-order valence-corrected chi connectivity index (χ1v) is 5.90. The molecule has 0 amide bonds. The molecule has 0 bridgehead atoms. The molecule has 0 unspecified atom stereocenters. The highest BCUT2D eigenvalue weighted by Crippen LogP contribution is 2.22. The van der Waals surface area contributed by atoms with Crippen LogP contribution in [-0.2, 0) is 16.6 Å². The van der Waals surface area contributed by atoms with Crippen molar-refractivity contribution in [2.45, 2.75) is 39.5 Å². The summed E-state index contributed by atoms with van der Waals surface area (Å²) in [6, 6.07) is 8.81. The Balaban J connectivity index is 2.58. The fourth-order valence-corrected chi connectivity index (χ4v) is 1.49. The number of hydrogen-bond donors (Lipinski definition) is 0. The molecule has 1 rings (SSSR count). The molecule has 1 nitrogen and oxygen atoms in total. The van der Waals surface area contributed by atoms with Crippen LogP contribution in [0.4, 0.5) is 0 Å². The number of allylic oxidation sites excluding steroid dienone is 1. The van der Waals surface area contributed by atoms with Crippen molar-refractivity contribution in [3.05, 3.63) is 47.7 Å². The van der Waals surface area contributed by atoms with Gasteiger partial charge in [0.15, 0.2) is 0 Å². The molecule has 1 aromatic carbocycles. The van der Waals surface area contributed by atoms with E-state index in [-0.39, 0.29) is 5.41 Å². The summed E-state index contributed by atoms with van der Waals surface area (Å²) >= 11 is 0. The van der Waals surface area contributed by atoms with E-state index in [1.165, 1.54) is 11.1 Å². The Morgan fingerprint density at radius 3 is 2.25 bits per heavy atom. The molecule has 0 aliphatic heterocycles. The molecule has 0 aromatic heterocycles. The Morgan fingerprint density at radius 2 is 1.75 bits per heavy atom. The summed E-state index contributed by atoms with van der Waals surface area (Å²) in [4.78, 5) is 0. The molecule has 0 aliphatic rings. The smallest absolute Gasteiger partial charge is 0.0845 e. The number of hydrogen-bond acceptors (Lipinski definition) is 1. The van der Waals surface area contributed by atoms with Gasteiger partial charge in [-0.25, -0.2) is 0 Å². The molecule has 0 spiro atoms. The fraction of sp³-hybridized carbons (Fsp3) is 0.467. The van der Waals surface area contributed by atoms with Crippen LogP contribution in [0.15, 0.2) is 36.6 Å². The highest BCUT2D eigenvalue weighted by molar-refractivity contribution is 5.28. The monoisotopic (exact) mass is 218 g/mol. The van der Waals surface area contributed by atoms with Crippen LogP contribution in [0.2, 0.25) is 0 Å². The first kappa shape index (κ1) is 12.8. The van der Waals surface area contributed by atoms with Gasteiger partial charge < -0.3 is 4.74 Å². The molecule has 0 aliphatic carbocycles. The van der Waals surface area contributed by atoms with Crippen LogP contribution in [0, 0.1) is 0 Å². The SMILES string of the molecule is CCO/C=C/Cc1ccc(C(C)(C)C)cc1. The number of rotatable bonds is 4. The third-order valence-corrected chi connectivity index (χ3v) is 2.53. The minimum Gasteiger partial charge on any atom is -0.502 e. The van der Waals surface area contributed by atoms with Gasteiger partial charge in [-0.2, -0.15) is 0 Å². The van der Waals surface area contributed by atoms with Gasteiger partial charge in [0.25, 0.3) is 0 Å². The Labute approximate surface area is 99.1 Å². The summed E-state index contributed by atoms with van der Waals surface area (Å²) in [7, 11) is 0. The van der Waals surface area contributed by atoms with Gasteiger partial charge in [0, 0.05) is 0 Å². The van der Waals surface area contributed by atoms with E-state index < -0.39 is 0 Å². The first-order chi connectivity index (χ1) is 7.54. The van der Waals surface area contributed by atoms with Gasteiger partial charge in [-0.05, 0) is 36.0 Å². The summed E-state index contributed by atoms with van der Waals surface area (Å²) in [6.45, 7) is 9.42. The van der Waals surface area contributed by atoms with E-state index in [9.17, 15) is 0 Å². The van der Waals surface area contributed by atoms with E-state index in [0.29, 0.717) is 0 Å². The predicted octanol–water partition coefficient (Wildman–Crippen LogP) is 4.08. The second-order valence-electron chi connectivity index (χ2n) is 4.98. The van der Waals surface area contributed by atoms with Crippen LogP contribution in [0.5, 0.6) is 0 Å². The van der Waals surface area contributed by atoms with Gasteiger partial charge >= 0.3 is 0 Å². The Hall–Kier alpha value is -1.24. The van der Waals surface area contributed by atoms with Crippen molar-refractivity contribution >= 4 is 0 Å². The van der Waals surface area contributed by atoms with Gasteiger partial charge in [-0.3, -0.25) is 0 Å². The van der Waals surface area contributed by atoms with E-state index in [4.69, 9.17) is 4.74 Å². The summed E-state index contributed by atoms with van der Waals surface area (Å²) in [5, 5.41) is 0. The molecule has 0 atom stereocenters. The molecule has 0 heterocycles. The summed E-state index contributed by atoms with van der Waals surface area (Å²) in [5.74, 6) is 0. The first-order valence-electron chi connectivity index (χ1n) is 5.90. The molecule has 88 valence electrons. The largest absolute Gasteiger partial charge is 0.502 e. The van der Waals surface area contributed by atoms with Crippen LogP contribution in [0.1, 0.15) is 38.8 Å². The maximum atomic E-state index is 5.15. The lowest BCUT2D eigenvalue weighted by Gasteiger charge is -2.18. The molecule has 1 heteroatoms. The lowest BCUT2D eigenvalue weighted by Crippen LogP contribution is -2.10. The average Bonchev–Trinajstić information content (AvgIpc) is 2.24. The van der Waals surface area contributed by atoms with Crippen LogP contribution >= 0.6 is 0 Å². The van der Waals surface area contributed by atoms with Crippen molar-refractivity contribution in [2.75, 3.05) is 6.61 Å². The zero-order valence-electron chi connectivity index (χ0n) is 10.8. The molecule has 1 aromatic rings. The van der Waals surface area contributed by atoms with Gasteiger partial charge in [0.2, 0.25) is 0 Å². The summed E-state index contributed by atoms with van der Waals surface area (Å²) < 4.78 is 5.15. The van der Waals surface area contributed by atoms with Gasteiger partial charge in [0.1, 0.15) is 0 Å². The summed E-state index contributed by atoms with van der Waals surface area (Å²) in [5.41, 5.74) is 2.94. The maximum absolute atomic E-state index is 5.15. The Morgan fingerprint density at radius 1 is 1.12 bits per heavy atom. The lowest BCUT2D eigenvalue weighted by atomic mass is 9.86. The molecule has 0 fully saturated rings.